The van der Waals surface area contributed by atoms with Crippen LogP contribution in [0.4, 0.5) is 5.13 Å². The first kappa shape index (κ1) is 22.1. The fourth-order valence-corrected chi connectivity index (χ4v) is 4.67. The van der Waals surface area contributed by atoms with Crippen LogP contribution in [-0.2, 0) is 0 Å². The summed E-state index contributed by atoms with van der Waals surface area (Å²) in [4.78, 5) is 28.5. The number of carbonyl (C=O) groups excluding carboxylic acids is 1. The Balaban J connectivity index is 1.65. The molecule has 0 aliphatic carbocycles. The molecule has 2 aromatic heterocycles. The van der Waals surface area contributed by atoms with E-state index in [1.54, 1.807) is 49.0 Å². The van der Waals surface area contributed by atoms with Gasteiger partial charge in [0.2, 0.25) is 10.9 Å². The van der Waals surface area contributed by atoms with Gasteiger partial charge in [-0.25, -0.2) is 0 Å². The topological polar surface area (TPSA) is 94.8 Å². The summed E-state index contributed by atoms with van der Waals surface area (Å²) in [5.41, 5.74) is 2.61. The molecule has 0 fully saturated rings. The van der Waals surface area contributed by atoms with Gasteiger partial charge in [0, 0.05) is 0 Å². The molecule has 1 amide bonds. The molecule has 34 heavy (non-hydrogen) atoms. The van der Waals surface area contributed by atoms with Gasteiger partial charge in [0.25, 0.3) is 5.91 Å². The highest BCUT2D eigenvalue weighted by molar-refractivity contribution is 7.13. The van der Waals surface area contributed by atoms with Gasteiger partial charge < -0.3 is 13.9 Å². The highest BCUT2D eigenvalue weighted by Gasteiger charge is 2.45. The molecule has 0 spiro atoms. The summed E-state index contributed by atoms with van der Waals surface area (Å²) in [5, 5.41) is 8.78. The second-order valence-corrected chi connectivity index (χ2v) is 9.22. The van der Waals surface area contributed by atoms with Crippen molar-refractivity contribution in [2.75, 3.05) is 18.6 Å². The quantitative estimate of drug-likeness (QED) is 0.376. The number of nitrogens with zero attached hydrogens (tertiary/aromatic N) is 3. The Morgan fingerprint density at radius 1 is 1.15 bits per heavy atom. The second-order valence-electron chi connectivity index (χ2n) is 8.41. The van der Waals surface area contributed by atoms with Crippen molar-refractivity contribution in [1.29, 1.82) is 0 Å². The first-order valence-corrected chi connectivity index (χ1v) is 11.8. The summed E-state index contributed by atoms with van der Waals surface area (Å²) in [6.07, 6.45) is 0.911. The first-order chi connectivity index (χ1) is 16.5. The number of ether oxygens (including phenoxy) is 2. The van der Waals surface area contributed by atoms with E-state index in [-0.39, 0.29) is 16.8 Å². The molecule has 0 bridgehead atoms. The SMILES string of the molecule is COc1cc(C2c3c(oc4ccccc4c3=O)C(=O)N2c2nncs2)ccc1OCCC(C)C. The molecular weight excluding hydrogens is 454 g/mol. The average Bonchev–Trinajstić information content (AvgIpc) is 3.46. The van der Waals surface area contributed by atoms with E-state index in [9.17, 15) is 9.59 Å². The van der Waals surface area contributed by atoms with Crippen molar-refractivity contribution < 1.29 is 18.7 Å². The van der Waals surface area contributed by atoms with Crippen LogP contribution < -0.4 is 19.8 Å². The van der Waals surface area contributed by atoms with Gasteiger partial charge in [-0.2, -0.15) is 0 Å². The Morgan fingerprint density at radius 3 is 2.71 bits per heavy atom. The first-order valence-electron chi connectivity index (χ1n) is 11.0. The molecule has 174 valence electrons. The summed E-state index contributed by atoms with van der Waals surface area (Å²) >= 11 is 1.21. The Morgan fingerprint density at radius 2 is 1.97 bits per heavy atom. The Hall–Kier alpha value is -3.72. The molecule has 2 aromatic carbocycles. The number of hydrogen-bond acceptors (Lipinski definition) is 8. The summed E-state index contributed by atoms with van der Waals surface area (Å²) in [5.74, 6) is 1.21. The van der Waals surface area contributed by atoms with Crippen LogP contribution in [0.15, 0.2) is 57.2 Å². The predicted octanol–water partition coefficient (Wildman–Crippen LogP) is 4.83. The van der Waals surface area contributed by atoms with Gasteiger partial charge in [-0.05, 0) is 42.2 Å². The van der Waals surface area contributed by atoms with Crippen molar-refractivity contribution >= 4 is 33.3 Å². The van der Waals surface area contributed by atoms with Gasteiger partial charge in [-0.1, -0.05) is 43.4 Å². The van der Waals surface area contributed by atoms with E-state index in [2.05, 4.69) is 24.0 Å². The fourth-order valence-electron chi connectivity index (χ4n) is 4.08. The van der Waals surface area contributed by atoms with Crippen LogP contribution in [-0.4, -0.2) is 29.8 Å². The van der Waals surface area contributed by atoms with Gasteiger partial charge in [0.1, 0.15) is 11.1 Å². The number of aromatic nitrogens is 2. The number of rotatable bonds is 7. The lowest BCUT2D eigenvalue weighted by Crippen LogP contribution is -2.29. The monoisotopic (exact) mass is 477 g/mol. The molecule has 1 unspecified atom stereocenters. The number of fused-ring (bicyclic) bond motifs is 2. The summed E-state index contributed by atoms with van der Waals surface area (Å²) in [6.45, 7) is 4.83. The largest absolute Gasteiger partial charge is 0.493 e. The fraction of sp³-hybridized carbons (Fsp3) is 0.280. The molecule has 1 atom stereocenters. The molecule has 5 rings (SSSR count). The van der Waals surface area contributed by atoms with E-state index >= 15 is 0 Å². The third-order valence-corrected chi connectivity index (χ3v) is 6.48. The third kappa shape index (κ3) is 3.71. The van der Waals surface area contributed by atoms with Gasteiger partial charge in [0.15, 0.2) is 16.9 Å². The normalized spacial score (nSPS) is 15.2. The molecule has 0 N–H and O–H groups in total. The number of anilines is 1. The van der Waals surface area contributed by atoms with E-state index in [4.69, 9.17) is 13.9 Å². The molecule has 8 nitrogen and oxygen atoms in total. The molecule has 0 saturated carbocycles. The molecule has 1 aliphatic heterocycles. The maximum Gasteiger partial charge on any atom is 0.297 e. The molecular formula is C25H23N3O5S. The van der Waals surface area contributed by atoms with Crippen molar-refractivity contribution in [1.82, 2.24) is 10.2 Å². The second kappa shape index (κ2) is 8.90. The number of methoxy groups -OCH3 is 1. The standard InChI is InChI=1S/C25H23N3O5S/c1-14(2)10-11-32-18-9-8-15(12-19(18)31-3)21-20-22(29)16-6-4-5-7-17(16)33-23(20)24(30)28(21)25-27-26-13-34-25/h4-9,12-14,21H,10-11H2,1-3H3. The van der Waals surface area contributed by atoms with E-state index in [0.717, 1.165) is 6.42 Å². The zero-order valence-corrected chi connectivity index (χ0v) is 19.8. The molecule has 0 radical (unpaired) electrons. The van der Waals surface area contributed by atoms with Gasteiger partial charge in [-0.15, -0.1) is 10.2 Å². The van der Waals surface area contributed by atoms with Crippen molar-refractivity contribution in [3.63, 3.8) is 0 Å². The van der Waals surface area contributed by atoms with E-state index in [0.29, 0.717) is 45.7 Å². The van der Waals surface area contributed by atoms with Gasteiger partial charge in [-0.3, -0.25) is 14.5 Å². The number of benzene rings is 2. The van der Waals surface area contributed by atoms with Crippen molar-refractivity contribution in [3.8, 4) is 11.5 Å². The summed E-state index contributed by atoms with van der Waals surface area (Å²) in [6, 6.07) is 11.6. The minimum atomic E-state index is -0.741. The highest BCUT2D eigenvalue weighted by atomic mass is 32.1. The molecule has 3 heterocycles. The lowest BCUT2D eigenvalue weighted by Gasteiger charge is -2.23. The smallest absolute Gasteiger partial charge is 0.297 e. The van der Waals surface area contributed by atoms with Crippen molar-refractivity contribution in [3.05, 3.63) is 75.1 Å². The molecule has 4 aromatic rings. The van der Waals surface area contributed by atoms with Crippen LogP contribution in [0.2, 0.25) is 0 Å². The lowest BCUT2D eigenvalue weighted by atomic mass is 9.98. The number of amides is 1. The van der Waals surface area contributed by atoms with Crippen molar-refractivity contribution in [2.45, 2.75) is 26.3 Å². The molecule has 1 aliphatic rings. The Labute approximate surface area is 199 Å². The minimum absolute atomic E-state index is 0.0140. The van der Waals surface area contributed by atoms with E-state index in [1.807, 2.05) is 6.07 Å². The Kier molecular flexibility index (Phi) is 5.79. The average molecular weight is 478 g/mol. The molecule has 0 saturated heterocycles. The van der Waals surface area contributed by atoms with Crippen LogP contribution in [0.25, 0.3) is 11.0 Å². The number of hydrogen-bond donors (Lipinski definition) is 0. The van der Waals surface area contributed by atoms with Crippen LogP contribution in [0, 0.1) is 5.92 Å². The van der Waals surface area contributed by atoms with E-state index in [1.165, 1.54) is 16.2 Å². The third-order valence-electron chi connectivity index (χ3n) is 5.79. The van der Waals surface area contributed by atoms with Crippen LogP contribution in [0.5, 0.6) is 11.5 Å². The minimum Gasteiger partial charge on any atom is -0.493 e. The van der Waals surface area contributed by atoms with Crippen LogP contribution in [0.3, 0.4) is 0 Å². The maximum absolute atomic E-state index is 13.6. The zero-order chi connectivity index (χ0) is 23.8. The summed E-state index contributed by atoms with van der Waals surface area (Å²) in [7, 11) is 1.56. The number of para-hydroxylation sites is 1. The van der Waals surface area contributed by atoms with Crippen LogP contribution >= 0.6 is 11.3 Å². The van der Waals surface area contributed by atoms with E-state index < -0.39 is 11.9 Å². The summed E-state index contributed by atoms with van der Waals surface area (Å²) < 4.78 is 17.5. The van der Waals surface area contributed by atoms with Gasteiger partial charge >= 0.3 is 0 Å². The highest BCUT2D eigenvalue weighted by Crippen LogP contribution is 2.43. The van der Waals surface area contributed by atoms with Gasteiger partial charge in [0.05, 0.1) is 30.7 Å². The lowest BCUT2D eigenvalue weighted by molar-refractivity contribution is 0.0970. The number of carbonyl (C=O) groups is 1. The zero-order valence-electron chi connectivity index (χ0n) is 19.0. The van der Waals surface area contributed by atoms with Crippen molar-refractivity contribution in [2.24, 2.45) is 5.92 Å². The van der Waals surface area contributed by atoms with Crippen LogP contribution in [0.1, 0.15) is 48.0 Å². The predicted molar refractivity (Wildman–Crippen MR) is 129 cm³/mol. The maximum atomic E-state index is 13.6. The Bertz CT molecular complexity index is 1410. The molecule has 9 heteroatoms.